The average Bonchev–Trinajstić information content (AvgIpc) is 1.14. The number of aromatic nitrogens is 3. The van der Waals surface area contributed by atoms with E-state index in [1.807, 2.05) is 53.4 Å². The molecule has 4 heterocycles. The Morgan fingerprint density at radius 3 is 1.97 bits per heavy atom. The number of aryl methyl sites for hydroxylation is 1. The summed E-state index contributed by atoms with van der Waals surface area (Å²) in [4.78, 5) is 59.0. The van der Waals surface area contributed by atoms with Gasteiger partial charge in [0.2, 0.25) is 5.91 Å². The van der Waals surface area contributed by atoms with E-state index in [1.165, 1.54) is 32.7 Å². The van der Waals surface area contributed by atoms with Gasteiger partial charge >= 0.3 is 5.63 Å². The van der Waals surface area contributed by atoms with Crippen molar-refractivity contribution in [3.63, 3.8) is 0 Å². The largest absolute Gasteiger partial charge is 0.507 e. The number of hydrogen-bond donors (Lipinski definition) is 7. The number of sulfone groups is 1. The molecule has 0 atom stereocenters. The second kappa shape index (κ2) is 33.0. The SMILES string of the molecule is C=CCc1cccc(/C=N/NC(=O)CN2CCN(Cc3cccc(Cn4cc(CNC(=O)Cc5c(C)c6cc(S(=O)(=O)O)c(N)cc6oc5=O)nn4)c3)CC2)c1O.COc1cc(O)c(/C=N/NC(=O)CN2CCN(Cc3ccccc3CS(=O)(=O)c3ccccc3)CC2)c(OC)c1. The molecule has 510 valence electrons. The van der Waals surface area contributed by atoms with Crippen LogP contribution in [0.1, 0.15) is 55.8 Å². The topological polar surface area (TPSA) is 359 Å². The van der Waals surface area contributed by atoms with Crippen molar-refractivity contribution in [2.75, 3.05) is 85.4 Å². The lowest BCUT2D eigenvalue weighted by molar-refractivity contribution is -0.123. The van der Waals surface area contributed by atoms with E-state index in [1.54, 1.807) is 66.3 Å². The monoisotopic (exact) mass is 1360 g/mol. The molecule has 27 nitrogen and oxygen atoms in total. The van der Waals surface area contributed by atoms with Crippen molar-refractivity contribution in [2.24, 2.45) is 10.2 Å². The number of piperazine rings is 2. The molecule has 8 aromatic rings. The van der Waals surface area contributed by atoms with Gasteiger partial charge in [-0.3, -0.25) is 38.5 Å². The molecule has 29 heteroatoms. The van der Waals surface area contributed by atoms with Crippen LogP contribution >= 0.6 is 0 Å². The molecule has 0 unspecified atom stereocenters. The quantitative estimate of drug-likeness (QED) is 0.00957. The number of methoxy groups -OCH3 is 2. The maximum absolute atomic E-state index is 12.9. The lowest BCUT2D eigenvalue weighted by atomic mass is 10.0. The smallest absolute Gasteiger partial charge is 0.340 e. The van der Waals surface area contributed by atoms with E-state index in [0.717, 1.165) is 85.8 Å². The predicted octanol–water partition coefficient (Wildman–Crippen LogP) is 4.78. The van der Waals surface area contributed by atoms with Crippen molar-refractivity contribution in [2.45, 2.75) is 61.5 Å². The van der Waals surface area contributed by atoms with Crippen LogP contribution in [0.4, 0.5) is 5.69 Å². The van der Waals surface area contributed by atoms with Crippen molar-refractivity contribution in [3.8, 4) is 23.0 Å². The highest BCUT2D eigenvalue weighted by molar-refractivity contribution is 7.90. The Bertz CT molecular complexity index is 4490. The highest BCUT2D eigenvalue weighted by Crippen LogP contribution is 2.32. The number of phenolic OH excluding ortho intramolecular Hbond substituents is 2. The van der Waals surface area contributed by atoms with Crippen molar-refractivity contribution in [1.29, 1.82) is 0 Å². The fourth-order valence-corrected chi connectivity index (χ4v) is 13.2. The van der Waals surface area contributed by atoms with Gasteiger partial charge in [0.1, 0.15) is 39.2 Å². The van der Waals surface area contributed by atoms with Gasteiger partial charge in [0.25, 0.3) is 21.9 Å². The van der Waals surface area contributed by atoms with Gasteiger partial charge in [-0.05, 0) is 71.0 Å². The lowest BCUT2D eigenvalue weighted by Gasteiger charge is -2.34. The van der Waals surface area contributed by atoms with E-state index < -0.39 is 36.4 Å². The maximum atomic E-state index is 12.9. The molecule has 2 saturated heterocycles. The van der Waals surface area contributed by atoms with Crippen LogP contribution < -0.4 is 37.0 Å². The molecule has 2 fully saturated rings. The number of hydrogen-bond acceptors (Lipinski definition) is 22. The number of nitrogens with zero attached hydrogens (tertiary/aromatic N) is 9. The number of nitrogens with one attached hydrogen (secondary N) is 3. The minimum Gasteiger partial charge on any atom is -0.507 e. The Labute approximate surface area is 561 Å². The molecule has 2 aromatic heterocycles. The molecule has 0 radical (unpaired) electrons. The Hall–Kier alpha value is -10.1. The zero-order valence-electron chi connectivity index (χ0n) is 53.8. The first kappa shape index (κ1) is 71.2. The van der Waals surface area contributed by atoms with Crippen molar-refractivity contribution in [3.05, 3.63) is 206 Å². The highest BCUT2D eigenvalue weighted by atomic mass is 32.2. The number of para-hydroxylation sites is 1. The van der Waals surface area contributed by atoms with Crippen LogP contribution in [-0.4, -0.2) is 176 Å². The van der Waals surface area contributed by atoms with Crippen LogP contribution in [0.25, 0.3) is 11.0 Å². The lowest BCUT2D eigenvalue weighted by Crippen LogP contribution is -2.48. The molecule has 10 rings (SSSR count). The first-order valence-corrected chi connectivity index (χ1v) is 34.0. The second-order valence-electron chi connectivity index (χ2n) is 23.2. The zero-order chi connectivity index (χ0) is 69.2. The number of phenols is 2. The number of nitrogens with two attached hydrogens (primary N) is 1. The third-order valence-electron chi connectivity index (χ3n) is 16.3. The van der Waals surface area contributed by atoms with Crippen LogP contribution in [0.15, 0.2) is 169 Å². The Kier molecular flexibility index (Phi) is 24.2. The molecule has 2 aliphatic rings. The Morgan fingerprint density at radius 1 is 0.711 bits per heavy atom. The second-order valence-corrected chi connectivity index (χ2v) is 26.6. The number of nitrogen functional groups attached to an aromatic ring is 1. The molecule has 3 amide bonds. The fourth-order valence-electron chi connectivity index (χ4n) is 11.1. The number of anilines is 1. The van der Waals surface area contributed by atoms with Gasteiger partial charge in [0.15, 0.2) is 9.84 Å². The Balaban J connectivity index is 0.000000242. The van der Waals surface area contributed by atoms with Gasteiger partial charge in [-0.2, -0.15) is 18.6 Å². The summed E-state index contributed by atoms with van der Waals surface area (Å²) in [6.07, 6.45) is 6.38. The third-order valence-corrected chi connectivity index (χ3v) is 18.9. The number of carbonyl (C=O) groups excluding carboxylic acids is 3. The number of fused-ring (bicyclic) bond motifs is 1. The molecular weight excluding hydrogens is 1290 g/mol. The van der Waals surface area contributed by atoms with E-state index in [0.29, 0.717) is 71.4 Å². The summed E-state index contributed by atoms with van der Waals surface area (Å²) >= 11 is 0. The van der Waals surface area contributed by atoms with E-state index in [2.05, 4.69) is 70.1 Å². The van der Waals surface area contributed by atoms with Gasteiger partial charge in [0, 0.05) is 94.6 Å². The number of ether oxygens (including phenoxy) is 2. The van der Waals surface area contributed by atoms with Crippen molar-refractivity contribution in [1.82, 2.24) is 50.8 Å². The first-order chi connectivity index (χ1) is 46.5. The summed E-state index contributed by atoms with van der Waals surface area (Å²) in [5, 5.41) is 39.9. The highest BCUT2D eigenvalue weighted by Gasteiger charge is 2.25. The van der Waals surface area contributed by atoms with Gasteiger partial charge in [0.05, 0.1) is 92.9 Å². The van der Waals surface area contributed by atoms with Crippen molar-refractivity contribution >= 4 is 66.8 Å². The van der Waals surface area contributed by atoms with E-state index in [4.69, 9.17) is 19.6 Å². The predicted molar refractivity (Wildman–Crippen MR) is 364 cm³/mol. The average molecular weight is 1360 g/mol. The van der Waals surface area contributed by atoms with Crippen LogP contribution in [0.3, 0.4) is 0 Å². The number of aromatic hydroxyl groups is 2. The third kappa shape index (κ3) is 19.7. The Morgan fingerprint density at radius 2 is 1.32 bits per heavy atom. The van der Waals surface area contributed by atoms with Crippen LogP contribution in [0.2, 0.25) is 0 Å². The van der Waals surface area contributed by atoms with Gasteiger partial charge in [-0.15, -0.1) is 11.7 Å². The minimum atomic E-state index is -4.63. The van der Waals surface area contributed by atoms with E-state index >= 15 is 0 Å². The summed E-state index contributed by atoms with van der Waals surface area (Å²) in [6.45, 7) is 13.4. The fraction of sp³-hybridized carbons (Fsp3) is 0.294. The molecule has 0 aliphatic carbocycles. The van der Waals surface area contributed by atoms with Gasteiger partial charge in [-0.1, -0.05) is 90.2 Å². The molecule has 6 aromatic carbocycles. The molecule has 0 bridgehead atoms. The number of carbonyl (C=O) groups is 3. The molecule has 0 saturated carbocycles. The van der Waals surface area contributed by atoms with Crippen LogP contribution in [0.5, 0.6) is 23.0 Å². The van der Waals surface area contributed by atoms with Crippen LogP contribution in [0, 0.1) is 6.92 Å². The number of benzene rings is 6. The molecule has 8 N–H and O–H groups in total. The van der Waals surface area contributed by atoms with Gasteiger partial charge in [-0.25, -0.2) is 28.7 Å². The first-order valence-electron chi connectivity index (χ1n) is 30.9. The standard InChI is InChI=1S/C39H43N9O8S.C29H34N4O6S/c1-3-6-28-9-5-10-29(38(28)51)19-42-44-37(50)24-47-13-11-46(12-14-47)21-26-7-4-8-27(15-26)22-48-23-30(43-45-48)20-41-36(49)17-32-25(2)31-16-35(57(53,54)55)33(40)18-34(31)56-39(32)52;1-38-24-16-27(34)26(28(17-24)39-2)18-30-31-29(35)20-33-14-12-32(13-15-33)19-22-8-6-7-9-23(22)21-40(36,37)25-10-4-3-5-11-25/h3-5,7-10,15-16,18-19,23,51H,1,6,11-14,17,20-22,24,40H2,2H3,(H,41,49)(H,44,50)(H,53,54,55);3-11,16-18,34H,12-15,19-21H2,1-2H3,(H,31,35)/b42-19+;30-18+. The van der Waals surface area contributed by atoms with Gasteiger partial charge < -0.3 is 35.2 Å². The normalized spacial score (nSPS) is 14.3. The summed E-state index contributed by atoms with van der Waals surface area (Å²) in [5.74, 6) is -0.195. The number of hydrazone groups is 2. The number of allylic oxidation sites excluding steroid dienone is 1. The minimum absolute atomic E-state index is 0.0274. The molecule has 2 aliphatic heterocycles. The van der Waals surface area contributed by atoms with Crippen molar-refractivity contribution < 1.29 is 59.9 Å². The summed E-state index contributed by atoms with van der Waals surface area (Å²) in [6, 6.07) is 35.0. The zero-order valence-corrected chi connectivity index (χ0v) is 55.5. The molecule has 97 heavy (non-hydrogen) atoms. The summed E-state index contributed by atoms with van der Waals surface area (Å²) < 4.78 is 76.2. The maximum Gasteiger partial charge on any atom is 0.340 e. The summed E-state index contributed by atoms with van der Waals surface area (Å²) in [5.41, 5.74) is 16.1. The molecule has 0 spiro atoms. The summed E-state index contributed by atoms with van der Waals surface area (Å²) in [7, 11) is -5.12. The number of amides is 3. The molecular formula is C68H77N13O14S2. The van der Waals surface area contributed by atoms with E-state index in [9.17, 15) is 50.8 Å². The number of rotatable bonds is 26. The van der Waals surface area contributed by atoms with E-state index in [-0.39, 0.29) is 77.3 Å². The van der Waals surface area contributed by atoms with Crippen LogP contribution in [-0.2, 0) is 79.1 Å².